The Morgan fingerprint density at radius 3 is 2.08 bits per heavy atom. The summed E-state index contributed by atoms with van der Waals surface area (Å²) in [6, 6.07) is 17.4. The lowest BCUT2D eigenvalue weighted by molar-refractivity contribution is 0.0155. The molecule has 0 aliphatic heterocycles. The van der Waals surface area contributed by atoms with E-state index in [4.69, 9.17) is 9.47 Å². The Balaban J connectivity index is 1.72. The van der Waals surface area contributed by atoms with Crippen LogP contribution in [0.2, 0.25) is 0 Å². The third-order valence-corrected chi connectivity index (χ3v) is 3.98. The molecule has 0 fully saturated rings. The van der Waals surface area contributed by atoms with Crippen LogP contribution in [0.25, 0.3) is 0 Å². The number of rotatable bonds is 5. The van der Waals surface area contributed by atoms with E-state index in [-0.39, 0.29) is 6.42 Å². The first-order chi connectivity index (χ1) is 12.6. The van der Waals surface area contributed by atoms with Crippen molar-refractivity contribution in [1.82, 2.24) is 0 Å². The predicted octanol–water partition coefficient (Wildman–Crippen LogP) is 4.47. The van der Waals surface area contributed by atoms with Crippen molar-refractivity contribution < 1.29 is 19.1 Å². The van der Waals surface area contributed by atoms with Gasteiger partial charge in [-0.25, -0.2) is 9.59 Å². The molecule has 130 valence electrons. The molecule has 1 aliphatic carbocycles. The molecule has 0 spiro atoms. The van der Waals surface area contributed by atoms with E-state index >= 15 is 0 Å². The highest BCUT2D eigenvalue weighted by molar-refractivity contribution is 5.90. The van der Waals surface area contributed by atoms with E-state index in [9.17, 15) is 9.59 Å². The van der Waals surface area contributed by atoms with E-state index in [1.165, 1.54) is 6.08 Å². The fourth-order valence-electron chi connectivity index (χ4n) is 2.59. The fraction of sp³-hybridized carbons (Fsp3) is 0.0909. The molecule has 2 aromatic rings. The van der Waals surface area contributed by atoms with Crippen LogP contribution in [0.15, 0.2) is 97.3 Å². The van der Waals surface area contributed by atoms with Crippen molar-refractivity contribution >= 4 is 11.9 Å². The van der Waals surface area contributed by atoms with Crippen LogP contribution in [0.1, 0.15) is 27.1 Å². The van der Waals surface area contributed by atoms with Crippen molar-refractivity contribution in [1.29, 1.82) is 0 Å². The SMILES string of the molecule is C=CC1(OC(=O)c2ccccc2)C=CC=C(OC(=O)c2ccccc2)C1. The summed E-state index contributed by atoms with van der Waals surface area (Å²) in [7, 11) is 0. The molecule has 0 amide bonds. The van der Waals surface area contributed by atoms with Crippen molar-refractivity contribution in [3.05, 3.63) is 108 Å². The number of hydrogen-bond donors (Lipinski definition) is 0. The molecule has 3 rings (SSSR count). The van der Waals surface area contributed by atoms with Crippen LogP contribution in [0.4, 0.5) is 0 Å². The van der Waals surface area contributed by atoms with Crippen molar-refractivity contribution in [2.75, 3.05) is 0 Å². The van der Waals surface area contributed by atoms with Crippen LogP contribution in [-0.4, -0.2) is 17.5 Å². The van der Waals surface area contributed by atoms with Gasteiger partial charge >= 0.3 is 11.9 Å². The third kappa shape index (κ3) is 3.98. The highest BCUT2D eigenvalue weighted by Crippen LogP contribution is 2.30. The second kappa shape index (κ2) is 7.66. The molecule has 4 heteroatoms. The second-order valence-electron chi connectivity index (χ2n) is 5.84. The predicted molar refractivity (Wildman–Crippen MR) is 98.5 cm³/mol. The molecule has 0 radical (unpaired) electrons. The summed E-state index contributed by atoms with van der Waals surface area (Å²) in [6.07, 6.45) is 6.83. The average Bonchev–Trinajstić information content (AvgIpc) is 2.69. The molecule has 0 saturated heterocycles. The van der Waals surface area contributed by atoms with Gasteiger partial charge in [0.2, 0.25) is 0 Å². The Morgan fingerprint density at radius 2 is 1.50 bits per heavy atom. The maximum Gasteiger partial charge on any atom is 0.343 e. The standard InChI is InChI=1S/C22H18O4/c1-2-22(26-21(24)18-12-7-4-8-13-18)15-9-14-19(16-22)25-20(23)17-10-5-3-6-11-17/h2-15H,1,16H2. The third-order valence-electron chi connectivity index (χ3n) is 3.98. The van der Waals surface area contributed by atoms with Gasteiger partial charge < -0.3 is 9.47 Å². The smallest absolute Gasteiger partial charge is 0.343 e. The van der Waals surface area contributed by atoms with Crippen molar-refractivity contribution in [3.8, 4) is 0 Å². The maximum atomic E-state index is 12.4. The number of carbonyl (C=O) groups is 2. The van der Waals surface area contributed by atoms with Crippen LogP contribution in [-0.2, 0) is 9.47 Å². The summed E-state index contributed by atoms with van der Waals surface area (Å²) in [5, 5.41) is 0. The first-order valence-corrected chi connectivity index (χ1v) is 8.19. The van der Waals surface area contributed by atoms with Crippen LogP contribution >= 0.6 is 0 Å². The molecular weight excluding hydrogens is 328 g/mol. The summed E-state index contributed by atoms with van der Waals surface area (Å²) >= 11 is 0. The van der Waals surface area contributed by atoms with Crippen molar-refractivity contribution in [2.24, 2.45) is 0 Å². The van der Waals surface area contributed by atoms with Gasteiger partial charge in [-0.15, -0.1) is 0 Å². The monoisotopic (exact) mass is 346 g/mol. The Labute approximate surface area is 152 Å². The molecule has 0 heterocycles. The molecular formula is C22H18O4. The Morgan fingerprint density at radius 1 is 0.923 bits per heavy atom. The zero-order valence-electron chi connectivity index (χ0n) is 14.1. The minimum absolute atomic E-state index is 0.199. The van der Waals surface area contributed by atoms with E-state index in [0.29, 0.717) is 16.9 Å². The zero-order valence-corrected chi connectivity index (χ0v) is 14.1. The molecule has 1 unspecified atom stereocenters. The average molecular weight is 346 g/mol. The summed E-state index contributed by atoms with van der Waals surface area (Å²) in [5.74, 6) is -0.521. The normalized spacial score (nSPS) is 18.5. The number of benzene rings is 2. The molecule has 1 aliphatic rings. The van der Waals surface area contributed by atoms with E-state index < -0.39 is 17.5 Å². The van der Waals surface area contributed by atoms with Gasteiger partial charge in [0, 0.05) is 0 Å². The molecule has 1 atom stereocenters. The first kappa shape index (κ1) is 17.4. The summed E-state index contributed by atoms with van der Waals surface area (Å²) in [4.78, 5) is 24.6. The van der Waals surface area contributed by atoms with Gasteiger partial charge in [0.1, 0.15) is 5.76 Å². The highest BCUT2D eigenvalue weighted by atomic mass is 16.6. The van der Waals surface area contributed by atoms with E-state index in [0.717, 1.165) is 0 Å². The lowest BCUT2D eigenvalue weighted by atomic mass is 9.93. The van der Waals surface area contributed by atoms with Gasteiger partial charge in [-0.1, -0.05) is 49.1 Å². The topological polar surface area (TPSA) is 52.6 Å². The number of esters is 2. The summed E-state index contributed by atoms with van der Waals surface area (Å²) < 4.78 is 11.1. The molecule has 0 aromatic heterocycles. The Hall–Kier alpha value is -3.40. The van der Waals surface area contributed by atoms with Crippen molar-refractivity contribution in [2.45, 2.75) is 12.0 Å². The molecule has 0 bridgehead atoms. The number of hydrogen-bond acceptors (Lipinski definition) is 4. The first-order valence-electron chi connectivity index (χ1n) is 8.19. The second-order valence-corrected chi connectivity index (χ2v) is 5.84. The van der Waals surface area contributed by atoms with Gasteiger partial charge in [0.15, 0.2) is 5.60 Å². The fourth-order valence-corrected chi connectivity index (χ4v) is 2.59. The Bertz CT molecular complexity index is 866. The lowest BCUT2D eigenvalue weighted by Crippen LogP contribution is -2.33. The van der Waals surface area contributed by atoms with Crippen LogP contribution in [0.5, 0.6) is 0 Å². The lowest BCUT2D eigenvalue weighted by Gasteiger charge is -2.30. The van der Waals surface area contributed by atoms with E-state index in [1.807, 2.05) is 12.1 Å². The number of ether oxygens (including phenoxy) is 2. The number of carbonyl (C=O) groups excluding carboxylic acids is 2. The maximum absolute atomic E-state index is 12.4. The van der Waals surface area contributed by atoms with Crippen LogP contribution < -0.4 is 0 Å². The molecule has 2 aromatic carbocycles. The van der Waals surface area contributed by atoms with Crippen molar-refractivity contribution in [3.63, 3.8) is 0 Å². The quantitative estimate of drug-likeness (QED) is 0.592. The van der Waals surface area contributed by atoms with Gasteiger partial charge in [-0.05, 0) is 42.5 Å². The van der Waals surface area contributed by atoms with Gasteiger partial charge in [-0.3, -0.25) is 0 Å². The largest absolute Gasteiger partial charge is 0.446 e. The van der Waals surface area contributed by atoms with E-state index in [2.05, 4.69) is 6.58 Å². The minimum Gasteiger partial charge on any atom is -0.446 e. The summed E-state index contributed by atoms with van der Waals surface area (Å²) in [6.45, 7) is 3.78. The van der Waals surface area contributed by atoms with Gasteiger partial charge in [0.25, 0.3) is 0 Å². The van der Waals surface area contributed by atoms with Crippen LogP contribution in [0, 0.1) is 0 Å². The van der Waals surface area contributed by atoms with Crippen LogP contribution in [0.3, 0.4) is 0 Å². The minimum atomic E-state index is -1.06. The molecule has 4 nitrogen and oxygen atoms in total. The zero-order chi connectivity index (χ0) is 18.4. The van der Waals surface area contributed by atoms with Gasteiger partial charge in [0.05, 0.1) is 17.5 Å². The molecule has 0 N–H and O–H groups in total. The van der Waals surface area contributed by atoms with Gasteiger partial charge in [-0.2, -0.15) is 0 Å². The summed E-state index contributed by atoms with van der Waals surface area (Å²) in [5.41, 5.74) is -0.165. The Kier molecular flexibility index (Phi) is 5.13. The molecule has 26 heavy (non-hydrogen) atoms. The van der Waals surface area contributed by atoms with E-state index in [1.54, 1.807) is 66.8 Å². The number of allylic oxidation sites excluding steroid dienone is 2. The highest BCUT2D eigenvalue weighted by Gasteiger charge is 2.33. The molecule has 0 saturated carbocycles.